The number of rotatable bonds is 4. The van der Waals surface area contributed by atoms with E-state index in [4.69, 9.17) is 9.47 Å². The topological polar surface area (TPSA) is 64.6 Å². The van der Waals surface area contributed by atoms with Crippen LogP contribution in [0.3, 0.4) is 0 Å². The van der Waals surface area contributed by atoms with E-state index < -0.39 is 11.7 Å². The number of esters is 1. The van der Waals surface area contributed by atoms with Crippen LogP contribution in [0.15, 0.2) is 36.4 Å². The number of benzene rings is 2. The molecule has 0 saturated carbocycles. The Morgan fingerprint density at radius 2 is 1.71 bits per heavy atom. The zero-order chi connectivity index (χ0) is 17.7. The number of carbonyl (C=O) groups is 2. The minimum Gasteiger partial charge on any atom is -0.465 e. The van der Waals surface area contributed by atoms with Gasteiger partial charge in [0, 0.05) is 6.54 Å². The summed E-state index contributed by atoms with van der Waals surface area (Å²) < 4.78 is 9.93. The maximum atomic E-state index is 11.6. The minimum atomic E-state index is -0.496. The summed E-state index contributed by atoms with van der Waals surface area (Å²) >= 11 is 0. The Bertz CT molecular complexity index is 747. The zero-order valence-electron chi connectivity index (χ0n) is 14.5. The molecular formula is C19H23NO4. The fourth-order valence-corrected chi connectivity index (χ4v) is 2.32. The van der Waals surface area contributed by atoms with Crippen molar-refractivity contribution in [3.05, 3.63) is 47.5 Å². The fraction of sp³-hybridized carbons (Fsp3) is 0.368. The molecule has 0 fully saturated rings. The molecule has 0 atom stereocenters. The van der Waals surface area contributed by atoms with Gasteiger partial charge in [-0.2, -0.15) is 0 Å². The van der Waals surface area contributed by atoms with Crippen molar-refractivity contribution < 1.29 is 19.1 Å². The van der Waals surface area contributed by atoms with Crippen molar-refractivity contribution >= 4 is 22.8 Å². The monoisotopic (exact) mass is 329 g/mol. The van der Waals surface area contributed by atoms with Gasteiger partial charge in [0.15, 0.2) is 0 Å². The maximum Gasteiger partial charge on any atom is 0.407 e. The van der Waals surface area contributed by atoms with Crippen LogP contribution in [0.4, 0.5) is 4.79 Å². The van der Waals surface area contributed by atoms with E-state index in [0.29, 0.717) is 18.5 Å². The minimum absolute atomic E-state index is 0.345. The molecule has 0 aliphatic rings. The van der Waals surface area contributed by atoms with Crippen LogP contribution in [-0.2, 0) is 15.9 Å². The molecule has 2 aromatic carbocycles. The van der Waals surface area contributed by atoms with Crippen molar-refractivity contribution in [1.29, 1.82) is 0 Å². The molecule has 2 rings (SSSR count). The number of alkyl carbamates (subject to hydrolysis) is 1. The lowest BCUT2D eigenvalue weighted by atomic mass is 10.0. The number of carbonyl (C=O) groups excluding carboxylic acids is 2. The van der Waals surface area contributed by atoms with E-state index in [0.717, 1.165) is 16.3 Å². The van der Waals surface area contributed by atoms with Gasteiger partial charge in [-0.25, -0.2) is 9.59 Å². The van der Waals surface area contributed by atoms with E-state index in [2.05, 4.69) is 5.32 Å². The van der Waals surface area contributed by atoms with E-state index in [1.54, 1.807) is 6.07 Å². The number of hydrogen-bond acceptors (Lipinski definition) is 4. The third-order valence-corrected chi connectivity index (χ3v) is 3.41. The molecule has 0 spiro atoms. The Kier molecular flexibility index (Phi) is 5.44. The molecule has 2 aromatic rings. The maximum absolute atomic E-state index is 11.6. The summed E-state index contributed by atoms with van der Waals surface area (Å²) in [6, 6.07) is 11.4. The first-order chi connectivity index (χ1) is 11.3. The van der Waals surface area contributed by atoms with Crippen LogP contribution in [0.1, 0.15) is 36.7 Å². The molecule has 0 saturated heterocycles. The van der Waals surface area contributed by atoms with Gasteiger partial charge in [-0.15, -0.1) is 0 Å². The average Bonchev–Trinajstić information content (AvgIpc) is 2.51. The highest BCUT2D eigenvalue weighted by molar-refractivity contribution is 5.95. The quantitative estimate of drug-likeness (QED) is 0.869. The lowest BCUT2D eigenvalue weighted by Crippen LogP contribution is -2.33. The van der Waals surface area contributed by atoms with E-state index in [-0.39, 0.29) is 5.97 Å². The molecule has 1 N–H and O–H groups in total. The van der Waals surface area contributed by atoms with Crippen LogP contribution in [0, 0.1) is 0 Å². The van der Waals surface area contributed by atoms with Crippen LogP contribution in [0.2, 0.25) is 0 Å². The highest BCUT2D eigenvalue weighted by atomic mass is 16.6. The van der Waals surface area contributed by atoms with Crippen LogP contribution in [0.25, 0.3) is 10.8 Å². The third-order valence-electron chi connectivity index (χ3n) is 3.41. The Balaban J connectivity index is 1.98. The van der Waals surface area contributed by atoms with Crippen LogP contribution in [-0.4, -0.2) is 31.3 Å². The Labute approximate surface area is 141 Å². The van der Waals surface area contributed by atoms with Crippen LogP contribution < -0.4 is 5.32 Å². The molecule has 0 bridgehead atoms. The Hall–Kier alpha value is -2.56. The van der Waals surface area contributed by atoms with Gasteiger partial charge in [-0.1, -0.05) is 24.3 Å². The second-order valence-electron chi connectivity index (χ2n) is 6.57. The molecular weight excluding hydrogens is 306 g/mol. The number of methoxy groups -OCH3 is 1. The van der Waals surface area contributed by atoms with Gasteiger partial charge in [-0.3, -0.25) is 0 Å². The van der Waals surface area contributed by atoms with Crippen LogP contribution >= 0.6 is 0 Å². The Morgan fingerprint density at radius 1 is 1.04 bits per heavy atom. The van der Waals surface area contributed by atoms with E-state index in [1.165, 1.54) is 7.11 Å². The first-order valence-corrected chi connectivity index (χ1v) is 7.86. The van der Waals surface area contributed by atoms with Crippen molar-refractivity contribution in [2.45, 2.75) is 32.8 Å². The Morgan fingerprint density at radius 3 is 2.38 bits per heavy atom. The van der Waals surface area contributed by atoms with Gasteiger partial charge in [-0.05, 0) is 55.7 Å². The molecule has 1 amide bonds. The second-order valence-corrected chi connectivity index (χ2v) is 6.57. The fourth-order valence-electron chi connectivity index (χ4n) is 2.32. The number of nitrogens with one attached hydrogen (secondary N) is 1. The molecule has 0 heterocycles. The molecule has 5 heteroatoms. The number of fused-ring (bicyclic) bond motifs is 1. The van der Waals surface area contributed by atoms with Crippen molar-refractivity contribution in [3.63, 3.8) is 0 Å². The lowest BCUT2D eigenvalue weighted by molar-refractivity contribution is 0.0527. The number of hydrogen-bond donors (Lipinski definition) is 1. The van der Waals surface area contributed by atoms with Gasteiger partial charge < -0.3 is 14.8 Å². The predicted molar refractivity (Wildman–Crippen MR) is 93.2 cm³/mol. The molecule has 0 aliphatic heterocycles. The zero-order valence-corrected chi connectivity index (χ0v) is 14.5. The van der Waals surface area contributed by atoms with Crippen molar-refractivity contribution in [1.82, 2.24) is 5.32 Å². The SMILES string of the molecule is COC(=O)c1ccc2cc(CCNC(=O)OC(C)(C)C)ccc2c1. The third kappa shape index (κ3) is 4.98. The molecule has 0 radical (unpaired) electrons. The average molecular weight is 329 g/mol. The molecule has 24 heavy (non-hydrogen) atoms. The molecule has 5 nitrogen and oxygen atoms in total. The van der Waals surface area contributed by atoms with Gasteiger partial charge in [0.2, 0.25) is 0 Å². The van der Waals surface area contributed by atoms with Gasteiger partial charge in [0.1, 0.15) is 5.60 Å². The lowest BCUT2D eigenvalue weighted by Gasteiger charge is -2.19. The molecule has 128 valence electrons. The summed E-state index contributed by atoms with van der Waals surface area (Å²) in [5.41, 5.74) is 1.14. The summed E-state index contributed by atoms with van der Waals surface area (Å²) in [7, 11) is 1.37. The van der Waals surface area contributed by atoms with E-state index in [1.807, 2.05) is 51.1 Å². The standard InChI is InChI=1S/C19H23NO4/c1-19(2,3)24-18(22)20-10-9-13-5-6-15-12-16(17(21)23-4)8-7-14(15)11-13/h5-8,11-12H,9-10H2,1-4H3,(H,20,22). The molecule has 0 aromatic heterocycles. The normalized spacial score (nSPS) is 11.2. The highest BCUT2D eigenvalue weighted by Gasteiger charge is 2.15. The largest absolute Gasteiger partial charge is 0.465 e. The first kappa shape index (κ1) is 17.8. The highest BCUT2D eigenvalue weighted by Crippen LogP contribution is 2.19. The summed E-state index contributed by atoms with van der Waals surface area (Å²) in [6.45, 7) is 6.00. The van der Waals surface area contributed by atoms with E-state index >= 15 is 0 Å². The van der Waals surface area contributed by atoms with E-state index in [9.17, 15) is 9.59 Å². The van der Waals surface area contributed by atoms with Crippen molar-refractivity contribution in [2.24, 2.45) is 0 Å². The van der Waals surface area contributed by atoms with Gasteiger partial charge in [0.05, 0.1) is 12.7 Å². The van der Waals surface area contributed by atoms with Crippen molar-refractivity contribution in [2.75, 3.05) is 13.7 Å². The summed E-state index contributed by atoms with van der Waals surface area (Å²) in [5, 5.41) is 4.76. The number of amides is 1. The van der Waals surface area contributed by atoms with Gasteiger partial charge in [0.25, 0.3) is 0 Å². The smallest absolute Gasteiger partial charge is 0.407 e. The summed E-state index contributed by atoms with van der Waals surface area (Å²) in [4.78, 5) is 23.2. The first-order valence-electron chi connectivity index (χ1n) is 7.86. The second kappa shape index (κ2) is 7.34. The number of ether oxygens (including phenoxy) is 2. The summed E-state index contributed by atoms with van der Waals surface area (Å²) in [6.07, 6.45) is 0.291. The molecule has 0 unspecified atom stereocenters. The van der Waals surface area contributed by atoms with Crippen molar-refractivity contribution in [3.8, 4) is 0 Å². The van der Waals surface area contributed by atoms with Crippen LogP contribution in [0.5, 0.6) is 0 Å². The summed E-state index contributed by atoms with van der Waals surface area (Å²) in [5.74, 6) is -0.345. The molecule has 0 aliphatic carbocycles. The van der Waals surface area contributed by atoms with Gasteiger partial charge >= 0.3 is 12.1 Å². The predicted octanol–water partition coefficient (Wildman–Crippen LogP) is 3.69.